The Bertz CT molecular complexity index is 240. The molecular weight excluding hydrogens is 170 g/mol. The molecule has 74 valence electrons. The molecule has 4 nitrogen and oxygen atoms in total. The van der Waals surface area contributed by atoms with Gasteiger partial charge in [-0.3, -0.25) is 4.79 Å². The van der Waals surface area contributed by atoms with Crippen molar-refractivity contribution in [1.29, 1.82) is 0 Å². The van der Waals surface area contributed by atoms with Crippen LogP contribution in [0.2, 0.25) is 0 Å². The van der Waals surface area contributed by atoms with Crippen LogP contribution in [0, 0.1) is 5.41 Å². The highest BCUT2D eigenvalue weighted by Gasteiger charge is 2.30. The van der Waals surface area contributed by atoms with Crippen molar-refractivity contribution >= 4 is 11.9 Å². The minimum absolute atomic E-state index is 0.0419. The van der Waals surface area contributed by atoms with E-state index in [1.807, 2.05) is 0 Å². The van der Waals surface area contributed by atoms with Gasteiger partial charge in [-0.2, -0.15) is 0 Å². The van der Waals surface area contributed by atoms with Crippen molar-refractivity contribution in [3.63, 3.8) is 0 Å². The van der Waals surface area contributed by atoms with Crippen molar-refractivity contribution in [2.24, 2.45) is 10.4 Å². The van der Waals surface area contributed by atoms with Crippen LogP contribution in [0.3, 0.4) is 0 Å². The molecular formula is C9H15NO3. The van der Waals surface area contributed by atoms with Gasteiger partial charge in [-0.1, -0.05) is 20.8 Å². The third kappa shape index (κ3) is 2.72. The maximum Gasteiger partial charge on any atom is 0.312 e. The Kier molecular flexibility index (Phi) is 2.59. The molecule has 1 atom stereocenters. The van der Waals surface area contributed by atoms with Gasteiger partial charge in [0, 0.05) is 0 Å². The monoisotopic (exact) mass is 185 g/mol. The fraction of sp³-hybridized carbons (Fsp3) is 0.778. The van der Waals surface area contributed by atoms with Crippen LogP contribution in [-0.2, 0) is 9.53 Å². The van der Waals surface area contributed by atoms with E-state index in [1.54, 1.807) is 0 Å². The second kappa shape index (κ2) is 3.36. The van der Waals surface area contributed by atoms with Gasteiger partial charge in [-0.05, 0) is 5.41 Å². The molecule has 1 unspecified atom stereocenters. The summed E-state index contributed by atoms with van der Waals surface area (Å²) in [5, 5.41) is 8.50. The first-order chi connectivity index (χ1) is 5.89. The molecule has 0 saturated heterocycles. The van der Waals surface area contributed by atoms with E-state index in [-0.39, 0.29) is 17.9 Å². The van der Waals surface area contributed by atoms with E-state index in [4.69, 9.17) is 9.84 Å². The predicted molar refractivity (Wildman–Crippen MR) is 48.9 cm³/mol. The Labute approximate surface area is 77.6 Å². The first kappa shape index (κ1) is 10.0. The van der Waals surface area contributed by atoms with Crippen LogP contribution in [-0.4, -0.2) is 29.6 Å². The van der Waals surface area contributed by atoms with Gasteiger partial charge in [0.2, 0.25) is 0 Å². The summed E-state index contributed by atoms with van der Waals surface area (Å²) in [5.74, 6) is -0.541. The molecule has 1 aliphatic heterocycles. The van der Waals surface area contributed by atoms with E-state index in [1.165, 1.54) is 0 Å². The molecule has 0 spiro atoms. The quantitative estimate of drug-likeness (QED) is 0.705. The molecule has 1 rings (SSSR count). The molecule has 0 aromatic heterocycles. The highest BCUT2D eigenvalue weighted by atomic mass is 16.5. The molecule has 0 radical (unpaired) electrons. The van der Waals surface area contributed by atoms with Crippen molar-refractivity contribution in [2.75, 3.05) is 6.61 Å². The molecule has 0 fully saturated rings. The SMILES string of the molecule is CC(C)(C)C1COC(CC(=O)O)=N1. The molecule has 1 heterocycles. The molecule has 0 amide bonds. The normalized spacial score (nSPS) is 22.4. The number of carbonyl (C=O) groups is 1. The number of hydrogen-bond donors (Lipinski definition) is 1. The number of rotatable bonds is 2. The lowest BCUT2D eigenvalue weighted by atomic mass is 9.88. The summed E-state index contributed by atoms with van der Waals surface area (Å²) < 4.78 is 5.17. The second-order valence-electron chi connectivity index (χ2n) is 4.29. The predicted octanol–water partition coefficient (Wildman–Crippen LogP) is 1.30. The minimum atomic E-state index is -0.895. The largest absolute Gasteiger partial charge is 0.481 e. The summed E-state index contributed by atoms with van der Waals surface area (Å²) in [4.78, 5) is 14.6. The number of ether oxygens (including phenoxy) is 1. The number of carboxylic acid groups (broad SMARTS) is 1. The zero-order valence-corrected chi connectivity index (χ0v) is 8.20. The maximum absolute atomic E-state index is 10.4. The molecule has 1 aliphatic rings. The molecule has 4 heteroatoms. The first-order valence-corrected chi connectivity index (χ1v) is 4.31. The zero-order valence-electron chi connectivity index (χ0n) is 8.20. The van der Waals surface area contributed by atoms with E-state index in [0.29, 0.717) is 12.5 Å². The van der Waals surface area contributed by atoms with Crippen LogP contribution in [0.1, 0.15) is 27.2 Å². The molecule has 0 aromatic carbocycles. The summed E-state index contributed by atoms with van der Waals surface area (Å²) in [6.07, 6.45) is -0.105. The summed E-state index contributed by atoms with van der Waals surface area (Å²) >= 11 is 0. The number of aliphatic imine (C=N–C) groups is 1. The lowest BCUT2D eigenvalue weighted by molar-refractivity contribution is -0.135. The lowest BCUT2D eigenvalue weighted by Crippen LogP contribution is -2.25. The van der Waals surface area contributed by atoms with Gasteiger partial charge in [0.05, 0.1) is 6.04 Å². The smallest absolute Gasteiger partial charge is 0.312 e. The van der Waals surface area contributed by atoms with Crippen molar-refractivity contribution in [3.8, 4) is 0 Å². The Balaban J connectivity index is 2.58. The average Bonchev–Trinajstić information content (AvgIpc) is 2.32. The summed E-state index contributed by atoms with van der Waals surface area (Å²) in [7, 11) is 0. The topological polar surface area (TPSA) is 58.9 Å². The summed E-state index contributed by atoms with van der Waals surface area (Å²) in [6, 6.07) is 0.0850. The Morgan fingerprint density at radius 2 is 2.31 bits per heavy atom. The highest BCUT2D eigenvalue weighted by Crippen LogP contribution is 2.26. The van der Waals surface area contributed by atoms with Gasteiger partial charge in [0.25, 0.3) is 0 Å². The average molecular weight is 185 g/mol. The van der Waals surface area contributed by atoms with Crippen LogP contribution < -0.4 is 0 Å². The van der Waals surface area contributed by atoms with Crippen LogP contribution in [0.15, 0.2) is 4.99 Å². The van der Waals surface area contributed by atoms with Gasteiger partial charge < -0.3 is 9.84 Å². The van der Waals surface area contributed by atoms with Crippen molar-refractivity contribution in [2.45, 2.75) is 33.2 Å². The van der Waals surface area contributed by atoms with Crippen LogP contribution in [0.4, 0.5) is 0 Å². The van der Waals surface area contributed by atoms with E-state index in [9.17, 15) is 4.79 Å². The number of hydrogen-bond acceptors (Lipinski definition) is 3. The standard InChI is InChI=1S/C9H15NO3/c1-9(2,3)6-5-13-7(10-6)4-8(11)12/h6H,4-5H2,1-3H3,(H,11,12). The Hall–Kier alpha value is -1.06. The fourth-order valence-corrected chi connectivity index (χ4v) is 1.09. The van der Waals surface area contributed by atoms with Crippen molar-refractivity contribution in [3.05, 3.63) is 0 Å². The van der Waals surface area contributed by atoms with Crippen LogP contribution in [0.5, 0.6) is 0 Å². The van der Waals surface area contributed by atoms with Crippen LogP contribution >= 0.6 is 0 Å². The molecule has 0 aromatic rings. The molecule has 0 saturated carbocycles. The van der Waals surface area contributed by atoms with Gasteiger partial charge >= 0.3 is 5.97 Å². The van der Waals surface area contributed by atoms with Gasteiger partial charge in [-0.15, -0.1) is 0 Å². The minimum Gasteiger partial charge on any atom is -0.481 e. The van der Waals surface area contributed by atoms with E-state index in [0.717, 1.165) is 0 Å². The second-order valence-corrected chi connectivity index (χ2v) is 4.29. The summed E-state index contributed by atoms with van der Waals surface area (Å²) in [5.41, 5.74) is 0.0419. The number of carboxylic acids is 1. The van der Waals surface area contributed by atoms with Gasteiger partial charge in [0.1, 0.15) is 13.0 Å². The molecule has 0 bridgehead atoms. The number of aliphatic carboxylic acids is 1. The Morgan fingerprint density at radius 1 is 1.69 bits per heavy atom. The van der Waals surface area contributed by atoms with E-state index >= 15 is 0 Å². The highest BCUT2D eigenvalue weighted by molar-refractivity contribution is 5.94. The third-order valence-corrected chi connectivity index (χ3v) is 2.01. The zero-order chi connectivity index (χ0) is 10.1. The first-order valence-electron chi connectivity index (χ1n) is 4.31. The van der Waals surface area contributed by atoms with Gasteiger partial charge in [0.15, 0.2) is 5.90 Å². The van der Waals surface area contributed by atoms with E-state index in [2.05, 4.69) is 25.8 Å². The van der Waals surface area contributed by atoms with Gasteiger partial charge in [-0.25, -0.2) is 4.99 Å². The lowest BCUT2D eigenvalue weighted by Gasteiger charge is -2.21. The third-order valence-electron chi connectivity index (χ3n) is 2.01. The van der Waals surface area contributed by atoms with E-state index < -0.39 is 5.97 Å². The summed E-state index contributed by atoms with van der Waals surface area (Å²) in [6.45, 7) is 6.70. The number of nitrogens with zero attached hydrogens (tertiary/aromatic N) is 1. The van der Waals surface area contributed by atoms with Crippen molar-refractivity contribution in [1.82, 2.24) is 0 Å². The van der Waals surface area contributed by atoms with Crippen LogP contribution in [0.25, 0.3) is 0 Å². The fourth-order valence-electron chi connectivity index (χ4n) is 1.09. The molecule has 1 N–H and O–H groups in total. The molecule has 13 heavy (non-hydrogen) atoms. The van der Waals surface area contributed by atoms with Crippen molar-refractivity contribution < 1.29 is 14.6 Å². The Morgan fingerprint density at radius 3 is 2.69 bits per heavy atom. The maximum atomic E-state index is 10.4. The molecule has 0 aliphatic carbocycles.